The highest BCUT2D eigenvalue weighted by molar-refractivity contribution is 6.74. The molecule has 0 radical (unpaired) electrons. The van der Waals surface area contributed by atoms with Crippen LogP contribution in [0.15, 0.2) is 11.6 Å². The average molecular weight is 372 g/mol. The fraction of sp³-hybridized carbons (Fsp3) is 0.789. The van der Waals surface area contributed by atoms with Crippen molar-refractivity contribution in [3.05, 3.63) is 11.6 Å². The minimum absolute atomic E-state index is 0.0730. The molecule has 0 unspecified atom stereocenters. The lowest BCUT2D eigenvalue weighted by Gasteiger charge is -2.41. The van der Waals surface area contributed by atoms with Gasteiger partial charge in [0.25, 0.3) is 5.91 Å². The summed E-state index contributed by atoms with van der Waals surface area (Å²) in [6.45, 7) is 14.9. The summed E-state index contributed by atoms with van der Waals surface area (Å²) < 4.78 is 6.57. The molecule has 0 fully saturated rings. The van der Waals surface area contributed by atoms with Crippen molar-refractivity contribution in [2.45, 2.75) is 78.1 Å². The van der Waals surface area contributed by atoms with Gasteiger partial charge in [-0.15, -0.1) is 0 Å². The Morgan fingerprint density at radius 3 is 2.28 bits per heavy atom. The highest BCUT2D eigenvalue weighted by atomic mass is 28.4. The standard InChI is InChI=1S/C19H37NO4Si/c1-15(11-10-14-21)12-13-17(16(2)18(22)20(6)23-7)24-25(8,9)19(3,4)5/h11,14,16-17H,10,12-13H2,1-9H3/b15-11+/t16-,17+/m1/s1. The molecule has 6 heteroatoms. The molecular formula is C19H37NO4Si. The molecule has 5 nitrogen and oxygen atoms in total. The van der Waals surface area contributed by atoms with Crippen LogP contribution in [0.2, 0.25) is 18.1 Å². The zero-order chi connectivity index (χ0) is 19.8. The maximum Gasteiger partial charge on any atom is 0.251 e. The van der Waals surface area contributed by atoms with Crippen LogP contribution in [0.4, 0.5) is 0 Å². The molecule has 2 atom stereocenters. The lowest BCUT2D eigenvalue weighted by Crippen LogP contribution is -2.48. The van der Waals surface area contributed by atoms with Crippen molar-refractivity contribution < 1.29 is 18.9 Å². The molecule has 146 valence electrons. The highest BCUT2D eigenvalue weighted by Crippen LogP contribution is 2.39. The molecule has 0 saturated heterocycles. The Kier molecular flexibility index (Phi) is 9.83. The summed E-state index contributed by atoms with van der Waals surface area (Å²) in [7, 11) is 1.10. The largest absolute Gasteiger partial charge is 0.413 e. The highest BCUT2D eigenvalue weighted by Gasteiger charge is 2.41. The Hall–Kier alpha value is -0.983. The van der Waals surface area contributed by atoms with E-state index >= 15 is 0 Å². The van der Waals surface area contributed by atoms with E-state index in [1.165, 1.54) is 12.2 Å². The van der Waals surface area contributed by atoms with E-state index in [1.807, 2.05) is 19.9 Å². The van der Waals surface area contributed by atoms with Gasteiger partial charge in [-0.25, -0.2) is 5.06 Å². The summed E-state index contributed by atoms with van der Waals surface area (Å²) in [6.07, 6.45) is 4.64. The fourth-order valence-corrected chi connectivity index (χ4v) is 3.66. The normalized spacial score (nSPS) is 15.6. The van der Waals surface area contributed by atoms with Gasteiger partial charge in [-0.3, -0.25) is 9.63 Å². The first-order valence-corrected chi connectivity index (χ1v) is 11.9. The van der Waals surface area contributed by atoms with Crippen LogP contribution in [-0.4, -0.2) is 45.8 Å². The molecule has 0 heterocycles. The van der Waals surface area contributed by atoms with Crippen LogP contribution in [0.25, 0.3) is 0 Å². The number of carbonyl (C=O) groups excluding carboxylic acids is 2. The summed E-state index contributed by atoms with van der Waals surface area (Å²) in [4.78, 5) is 28.1. The molecule has 0 bridgehead atoms. The molecule has 0 N–H and O–H groups in total. The van der Waals surface area contributed by atoms with Crippen LogP contribution in [0, 0.1) is 5.92 Å². The van der Waals surface area contributed by atoms with Gasteiger partial charge in [-0.05, 0) is 37.9 Å². The number of hydrogen-bond acceptors (Lipinski definition) is 4. The molecule has 0 spiro atoms. The van der Waals surface area contributed by atoms with Gasteiger partial charge in [0.1, 0.15) is 6.29 Å². The Balaban J connectivity index is 5.30. The molecule has 0 aliphatic carbocycles. The number of rotatable bonds is 10. The van der Waals surface area contributed by atoms with Crippen molar-refractivity contribution in [2.75, 3.05) is 14.2 Å². The summed E-state index contributed by atoms with van der Waals surface area (Å²) >= 11 is 0. The zero-order valence-corrected chi connectivity index (χ0v) is 18.5. The first kappa shape index (κ1) is 24.0. The monoisotopic (exact) mass is 371 g/mol. The van der Waals surface area contributed by atoms with Crippen molar-refractivity contribution >= 4 is 20.5 Å². The Bertz CT molecular complexity index is 469. The summed E-state index contributed by atoms with van der Waals surface area (Å²) in [5, 5.41) is 1.34. The van der Waals surface area contributed by atoms with E-state index in [9.17, 15) is 9.59 Å². The average Bonchev–Trinajstić information content (AvgIpc) is 2.53. The predicted molar refractivity (Wildman–Crippen MR) is 105 cm³/mol. The SMILES string of the molecule is CON(C)C(=O)[C@H](C)[C@H](CC/C(C)=C/CC=O)O[Si](C)(C)C(C)(C)C. The molecule has 0 rings (SSSR count). The third-order valence-electron chi connectivity index (χ3n) is 5.17. The Labute approximate surface area is 154 Å². The van der Waals surface area contributed by atoms with E-state index in [4.69, 9.17) is 9.26 Å². The molecule has 0 aromatic carbocycles. The number of hydrogen-bond donors (Lipinski definition) is 0. The van der Waals surface area contributed by atoms with E-state index in [2.05, 4.69) is 33.9 Å². The summed E-state index contributed by atoms with van der Waals surface area (Å²) in [6, 6.07) is 0. The quantitative estimate of drug-likeness (QED) is 0.248. The van der Waals surface area contributed by atoms with Crippen molar-refractivity contribution in [1.29, 1.82) is 0 Å². The van der Waals surface area contributed by atoms with Gasteiger partial charge in [0, 0.05) is 13.5 Å². The molecule has 1 amide bonds. The number of nitrogens with zero attached hydrogens (tertiary/aromatic N) is 1. The first-order chi connectivity index (χ1) is 11.4. The maximum absolute atomic E-state index is 12.5. The lowest BCUT2D eigenvalue weighted by atomic mass is 9.97. The summed E-state index contributed by atoms with van der Waals surface area (Å²) in [5.74, 6) is -0.376. The lowest BCUT2D eigenvalue weighted by molar-refractivity contribution is -0.176. The first-order valence-electron chi connectivity index (χ1n) is 8.96. The number of amides is 1. The number of allylic oxidation sites excluding steroid dienone is 2. The minimum Gasteiger partial charge on any atom is -0.413 e. The third kappa shape index (κ3) is 7.84. The number of aldehydes is 1. The fourth-order valence-electron chi connectivity index (χ4n) is 2.22. The van der Waals surface area contributed by atoms with E-state index in [1.54, 1.807) is 7.05 Å². The molecule has 25 heavy (non-hydrogen) atoms. The van der Waals surface area contributed by atoms with Crippen LogP contribution in [-0.2, 0) is 18.9 Å². The molecular weight excluding hydrogens is 334 g/mol. The van der Waals surface area contributed by atoms with Crippen molar-refractivity contribution in [3.63, 3.8) is 0 Å². The van der Waals surface area contributed by atoms with Crippen molar-refractivity contribution in [3.8, 4) is 0 Å². The van der Waals surface area contributed by atoms with E-state index in [0.29, 0.717) is 6.42 Å². The number of carbonyl (C=O) groups is 2. The van der Waals surface area contributed by atoms with Crippen LogP contribution < -0.4 is 0 Å². The van der Waals surface area contributed by atoms with Gasteiger partial charge in [-0.2, -0.15) is 0 Å². The van der Waals surface area contributed by atoms with Gasteiger partial charge in [0.05, 0.1) is 19.1 Å². The minimum atomic E-state index is -2.01. The smallest absolute Gasteiger partial charge is 0.251 e. The van der Waals surface area contributed by atoms with E-state index < -0.39 is 8.32 Å². The van der Waals surface area contributed by atoms with Gasteiger partial charge >= 0.3 is 0 Å². The second-order valence-electron chi connectivity index (χ2n) is 8.22. The maximum atomic E-state index is 12.5. The van der Waals surface area contributed by atoms with Gasteiger partial charge in [0.2, 0.25) is 0 Å². The second kappa shape index (κ2) is 10.2. The van der Waals surface area contributed by atoms with Crippen molar-refractivity contribution in [2.24, 2.45) is 5.92 Å². The Morgan fingerprint density at radius 1 is 1.28 bits per heavy atom. The summed E-state index contributed by atoms with van der Waals surface area (Å²) in [5.41, 5.74) is 1.15. The molecule has 0 aromatic heterocycles. The molecule has 0 aliphatic heterocycles. The topological polar surface area (TPSA) is 55.8 Å². The third-order valence-corrected chi connectivity index (χ3v) is 9.67. The molecule has 0 saturated carbocycles. The van der Waals surface area contributed by atoms with Crippen LogP contribution in [0.5, 0.6) is 0 Å². The Morgan fingerprint density at radius 2 is 1.84 bits per heavy atom. The zero-order valence-electron chi connectivity index (χ0n) is 17.5. The second-order valence-corrected chi connectivity index (χ2v) is 13.0. The molecule has 0 aromatic rings. The van der Waals surface area contributed by atoms with Gasteiger partial charge in [-0.1, -0.05) is 39.3 Å². The number of hydroxylamine groups is 2. The van der Waals surface area contributed by atoms with Gasteiger partial charge in [0.15, 0.2) is 8.32 Å². The van der Waals surface area contributed by atoms with E-state index in [-0.39, 0.29) is 23.0 Å². The van der Waals surface area contributed by atoms with Crippen LogP contribution in [0.1, 0.15) is 53.9 Å². The van der Waals surface area contributed by atoms with Crippen molar-refractivity contribution in [1.82, 2.24) is 5.06 Å². The predicted octanol–water partition coefficient (Wildman–Crippen LogP) is 4.35. The van der Waals surface area contributed by atoms with Gasteiger partial charge < -0.3 is 9.22 Å². The molecule has 0 aliphatic rings. The van der Waals surface area contributed by atoms with Crippen LogP contribution in [0.3, 0.4) is 0 Å². The van der Waals surface area contributed by atoms with E-state index in [0.717, 1.165) is 24.7 Å². The van der Waals surface area contributed by atoms with Crippen LogP contribution >= 0.6 is 0 Å².